The predicted molar refractivity (Wildman–Crippen MR) is 73.7 cm³/mol. The predicted octanol–water partition coefficient (Wildman–Crippen LogP) is 3.67. The minimum atomic E-state index is -0.721. The summed E-state index contributed by atoms with van der Waals surface area (Å²) >= 11 is 0. The van der Waals surface area contributed by atoms with Gasteiger partial charge in [-0.1, -0.05) is 6.07 Å². The number of benzene rings is 1. The van der Waals surface area contributed by atoms with Crippen LogP contribution in [0.1, 0.15) is 55.4 Å². The van der Waals surface area contributed by atoms with Crippen molar-refractivity contribution >= 4 is 17.1 Å². The fourth-order valence-electron chi connectivity index (χ4n) is 2.94. The number of rotatable bonds is 5. The summed E-state index contributed by atoms with van der Waals surface area (Å²) < 4.78 is 5.76. The first-order valence-corrected chi connectivity index (χ1v) is 7.33. The maximum absolute atomic E-state index is 11.0. The van der Waals surface area contributed by atoms with E-state index >= 15 is 0 Å². The third-order valence-electron chi connectivity index (χ3n) is 4.37. The van der Waals surface area contributed by atoms with Crippen molar-refractivity contribution in [3.8, 4) is 0 Å². The van der Waals surface area contributed by atoms with Crippen LogP contribution in [-0.2, 0) is 4.79 Å². The van der Waals surface area contributed by atoms with Crippen LogP contribution in [0.25, 0.3) is 11.1 Å². The summed E-state index contributed by atoms with van der Waals surface area (Å²) in [5.41, 5.74) is 2.79. The van der Waals surface area contributed by atoms with Crippen molar-refractivity contribution in [1.82, 2.24) is 4.98 Å². The van der Waals surface area contributed by atoms with Crippen LogP contribution in [0, 0.1) is 5.92 Å². The topological polar surface area (TPSA) is 63.3 Å². The van der Waals surface area contributed by atoms with E-state index in [9.17, 15) is 4.79 Å². The maximum Gasteiger partial charge on any atom is 0.303 e. The lowest BCUT2D eigenvalue weighted by molar-refractivity contribution is -0.137. The molecule has 0 bridgehead atoms. The number of hydrogen-bond acceptors (Lipinski definition) is 3. The molecule has 2 fully saturated rings. The van der Waals surface area contributed by atoms with Gasteiger partial charge in [-0.25, -0.2) is 4.98 Å². The van der Waals surface area contributed by atoms with E-state index in [1.165, 1.54) is 12.8 Å². The summed E-state index contributed by atoms with van der Waals surface area (Å²) in [7, 11) is 0. The zero-order valence-corrected chi connectivity index (χ0v) is 11.2. The number of hydrogen-bond donors (Lipinski definition) is 1. The Kier molecular flexibility index (Phi) is 2.59. The average molecular weight is 271 g/mol. The van der Waals surface area contributed by atoms with E-state index in [2.05, 4.69) is 4.98 Å². The minimum absolute atomic E-state index is 0.123. The first-order valence-electron chi connectivity index (χ1n) is 7.33. The van der Waals surface area contributed by atoms with Crippen LogP contribution in [0.15, 0.2) is 22.6 Å². The SMILES string of the molecule is O=C(O)CC(c1ccc2oc(C3CC3)nc2c1)C1CC1. The Bertz CT molecular complexity index is 667. The van der Waals surface area contributed by atoms with E-state index in [-0.39, 0.29) is 12.3 Å². The van der Waals surface area contributed by atoms with Crippen molar-refractivity contribution in [3.05, 3.63) is 29.7 Å². The van der Waals surface area contributed by atoms with E-state index in [0.717, 1.165) is 35.4 Å². The van der Waals surface area contributed by atoms with E-state index in [1.54, 1.807) is 0 Å². The molecule has 4 heteroatoms. The van der Waals surface area contributed by atoms with Gasteiger partial charge in [-0.05, 0) is 55.2 Å². The zero-order valence-electron chi connectivity index (χ0n) is 11.2. The second-order valence-corrected chi connectivity index (χ2v) is 6.10. The normalized spacial score (nSPS) is 20.2. The Balaban J connectivity index is 1.69. The third-order valence-corrected chi connectivity index (χ3v) is 4.37. The van der Waals surface area contributed by atoms with Gasteiger partial charge in [0, 0.05) is 5.92 Å². The molecule has 0 radical (unpaired) electrons. The van der Waals surface area contributed by atoms with Gasteiger partial charge in [0.05, 0.1) is 6.42 Å². The van der Waals surface area contributed by atoms with E-state index < -0.39 is 5.97 Å². The molecular formula is C16H17NO3. The Morgan fingerprint density at radius 3 is 2.80 bits per heavy atom. The van der Waals surface area contributed by atoms with Crippen LogP contribution >= 0.6 is 0 Å². The molecule has 1 aromatic carbocycles. The Labute approximate surface area is 116 Å². The van der Waals surface area contributed by atoms with Gasteiger partial charge in [0.15, 0.2) is 11.5 Å². The fourth-order valence-corrected chi connectivity index (χ4v) is 2.94. The molecule has 2 aliphatic rings. The van der Waals surface area contributed by atoms with Crippen molar-refractivity contribution < 1.29 is 14.3 Å². The lowest BCUT2D eigenvalue weighted by Crippen LogP contribution is -2.08. The molecule has 4 rings (SSSR count). The second kappa shape index (κ2) is 4.33. The lowest BCUT2D eigenvalue weighted by Gasteiger charge is -2.13. The number of oxazole rings is 1. The molecular weight excluding hydrogens is 254 g/mol. The standard InChI is InChI=1S/C16H17NO3/c18-15(19)8-12(9-1-2-9)11-5-6-14-13(7-11)17-16(20-14)10-3-4-10/h5-7,9-10,12H,1-4,8H2,(H,18,19). The molecule has 104 valence electrons. The van der Waals surface area contributed by atoms with Gasteiger partial charge in [-0.2, -0.15) is 0 Å². The smallest absolute Gasteiger partial charge is 0.303 e. The van der Waals surface area contributed by atoms with E-state index in [4.69, 9.17) is 9.52 Å². The molecule has 1 atom stereocenters. The first-order chi connectivity index (χ1) is 9.70. The Morgan fingerprint density at radius 1 is 1.35 bits per heavy atom. The monoisotopic (exact) mass is 271 g/mol. The highest BCUT2D eigenvalue weighted by Gasteiger charge is 2.34. The quantitative estimate of drug-likeness (QED) is 0.901. The van der Waals surface area contributed by atoms with Crippen LogP contribution in [0.5, 0.6) is 0 Å². The molecule has 20 heavy (non-hydrogen) atoms. The third kappa shape index (κ3) is 2.19. The highest BCUT2D eigenvalue weighted by atomic mass is 16.4. The van der Waals surface area contributed by atoms with Crippen molar-refractivity contribution in [2.24, 2.45) is 5.92 Å². The van der Waals surface area contributed by atoms with Crippen LogP contribution in [0.2, 0.25) is 0 Å². The van der Waals surface area contributed by atoms with Crippen LogP contribution < -0.4 is 0 Å². The molecule has 0 amide bonds. The number of aliphatic carboxylic acids is 1. The van der Waals surface area contributed by atoms with Crippen LogP contribution in [0.3, 0.4) is 0 Å². The van der Waals surface area contributed by atoms with Crippen molar-refractivity contribution in [2.75, 3.05) is 0 Å². The van der Waals surface area contributed by atoms with Gasteiger partial charge >= 0.3 is 5.97 Å². The Hall–Kier alpha value is -1.84. The number of carboxylic acid groups (broad SMARTS) is 1. The van der Waals surface area contributed by atoms with Crippen molar-refractivity contribution in [1.29, 1.82) is 0 Å². The zero-order chi connectivity index (χ0) is 13.7. The molecule has 4 nitrogen and oxygen atoms in total. The minimum Gasteiger partial charge on any atom is -0.481 e. The van der Waals surface area contributed by atoms with Crippen LogP contribution in [-0.4, -0.2) is 16.1 Å². The van der Waals surface area contributed by atoms with Crippen molar-refractivity contribution in [3.63, 3.8) is 0 Å². The van der Waals surface area contributed by atoms with Gasteiger partial charge in [0.1, 0.15) is 5.52 Å². The molecule has 1 heterocycles. The van der Waals surface area contributed by atoms with E-state index in [0.29, 0.717) is 11.8 Å². The van der Waals surface area contributed by atoms with Gasteiger partial charge < -0.3 is 9.52 Å². The number of aromatic nitrogens is 1. The molecule has 1 aromatic heterocycles. The van der Waals surface area contributed by atoms with Crippen molar-refractivity contribution in [2.45, 2.75) is 43.9 Å². The number of carboxylic acids is 1. The Morgan fingerprint density at radius 2 is 2.15 bits per heavy atom. The second-order valence-electron chi connectivity index (χ2n) is 6.10. The molecule has 1 N–H and O–H groups in total. The number of nitrogens with zero attached hydrogens (tertiary/aromatic N) is 1. The summed E-state index contributed by atoms with van der Waals surface area (Å²) in [5.74, 6) is 1.28. The molecule has 2 saturated carbocycles. The molecule has 2 aromatic rings. The lowest BCUT2D eigenvalue weighted by atomic mass is 9.91. The molecule has 1 unspecified atom stereocenters. The summed E-state index contributed by atoms with van der Waals surface area (Å²) in [4.78, 5) is 15.6. The molecule has 0 spiro atoms. The first kappa shape index (κ1) is 11.9. The number of carbonyl (C=O) groups is 1. The van der Waals surface area contributed by atoms with Gasteiger partial charge in [0.2, 0.25) is 0 Å². The largest absolute Gasteiger partial charge is 0.481 e. The summed E-state index contributed by atoms with van der Waals surface area (Å²) in [5, 5.41) is 9.09. The summed E-state index contributed by atoms with van der Waals surface area (Å²) in [6.07, 6.45) is 4.83. The summed E-state index contributed by atoms with van der Waals surface area (Å²) in [6, 6.07) is 5.98. The highest BCUT2D eigenvalue weighted by molar-refractivity contribution is 5.74. The maximum atomic E-state index is 11.0. The van der Waals surface area contributed by atoms with Gasteiger partial charge in [-0.3, -0.25) is 4.79 Å². The van der Waals surface area contributed by atoms with Gasteiger partial charge in [-0.15, -0.1) is 0 Å². The van der Waals surface area contributed by atoms with Gasteiger partial charge in [0.25, 0.3) is 0 Å². The highest BCUT2D eigenvalue weighted by Crippen LogP contribution is 2.45. The fraction of sp³-hybridized carbons (Fsp3) is 0.500. The molecule has 0 aliphatic heterocycles. The average Bonchev–Trinajstić information content (AvgIpc) is 3.31. The molecule has 0 saturated heterocycles. The summed E-state index contributed by atoms with van der Waals surface area (Å²) in [6.45, 7) is 0. The molecule has 2 aliphatic carbocycles. The van der Waals surface area contributed by atoms with Crippen LogP contribution in [0.4, 0.5) is 0 Å². The number of fused-ring (bicyclic) bond motifs is 1. The van der Waals surface area contributed by atoms with E-state index in [1.807, 2.05) is 18.2 Å².